The third-order valence-electron chi connectivity index (χ3n) is 3.77. The molecule has 0 unspecified atom stereocenters. The Balaban J connectivity index is -0.00000161. The summed E-state index contributed by atoms with van der Waals surface area (Å²) < 4.78 is 28.8. The average Bonchev–Trinajstić information content (AvgIpc) is 2.53. The van der Waals surface area contributed by atoms with Crippen LogP contribution in [0, 0.1) is 0 Å². The van der Waals surface area contributed by atoms with Gasteiger partial charge in [0.25, 0.3) is 10.1 Å². The van der Waals surface area contributed by atoms with Gasteiger partial charge >= 0.3 is 37.7 Å². The fourth-order valence-electron chi connectivity index (χ4n) is 2.41. The first kappa shape index (κ1) is 23.4. The van der Waals surface area contributed by atoms with E-state index in [2.05, 4.69) is 6.92 Å². The van der Waals surface area contributed by atoms with Crippen molar-refractivity contribution in [2.24, 2.45) is 0 Å². The summed E-state index contributed by atoms with van der Waals surface area (Å²) in [6.07, 6.45) is 12.3. The van der Waals surface area contributed by atoms with Gasteiger partial charge in [0.1, 0.15) is 0 Å². The quantitative estimate of drug-likeness (QED) is 0.274. The van der Waals surface area contributed by atoms with E-state index in [1.54, 1.807) is 30.3 Å². The van der Waals surface area contributed by atoms with Crippen molar-refractivity contribution >= 4 is 47.9 Å². The summed E-state index contributed by atoms with van der Waals surface area (Å²) in [5.74, 6) is 0. The van der Waals surface area contributed by atoms with Gasteiger partial charge in [0.2, 0.25) is 0 Å². The summed E-state index contributed by atoms with van der Waals surface area (Å²) in [7, 11) is -3.57. The first-order chi connectivity index (χ1) is 10.7. The fraction of sp³-hybridized carbons (Fsp3) is 0.667. The van der Waals surface area contributed by atoms with Crippen LogP contribution in [0.1, 0.15) is 74.0 Å². The molecule has 1 aromatic rings. The van der Waals surface area contributed by atoms with Crippen LogP contribution in [0.5, 0.6) is 0 Å². The van der Waals surface area contributed by atoms with Gasteiger partial charge in [-0.1, -0.05) is 82.9 Å². The standard InChI is InChI=1S/C18H30O3S.Ca.2H/c1-2-3-4-5-6-7-8-9-10-14-17-21-22(19,20)18-15-12-11-13-16-18;;;/h11-13,15-16H,2-10,14,17H2,1H3;;;/q;+2;2*-1. The topological polar surface area (TPSA) is 43.4 Å². The molecule has 0 N–H and O–H groups in total. The van der Waals surface area contributed by atoms with Crippen molar-refractivity contribution in [1.29, 1.82) is 0 Å². The first-order valence-corrected chi connectivity index (χ1v) is 10.0. The summed E-state index contributed by atoms with van der Waals surface area (Å²) in [5, 5.41) is 0. The van der Waals surface area contributed by atoms with Crippen LogP contribution in [0.15, 0.2) is 35.2 Å². The van der Waals surface area contributed by atoms with Crippen molar-refractivity contribution in [3.63, 3.8) is 0 Å². The number of unbranched alkanes of at least 4 members (excludes halogenated alkanes) is 9. The van der Waals surface area contributed by atoms with E-state index in [4.69, 9.17) is 4.18 Å². The van der Waals surface area contributed by atoms with E-state index in [1.807, 2.05) is 0 Å². The van der Waals surface area contributed by atoms with Gasteiger partial charge in [-0.05, 0) is 18.6 Å². The fourth-order valence-corrected chi connectivity index (χ4v) is 3.38. The molecule has 0 saturated carbocycles. The molecule has 130 valence electrons. The Kier molecular flexibility index (Phi) is 15.0. The Morgan fingerprint density at radius 1 is 0.826 bits per heavy atom. The van der Waals surface area contributed by atoms with Crippen LogP contribution in [0.25, 0.3) is 0 Å². The van der Waals surface area contributed by atoms with E-state index < -0.39 is 10.1 Å². The molecule has 0 heterocycles. The van der Waals surface area contributed by atoms with Crippen LogP contribution >= 0.6 is 0 Å². The zero-order chi connectivity index (χ0) is 16.1. The van der Waals surface area contributed by atoms with E-state index in [1.165, 1.54) is 51.4 Å². The van der Waals surface area contributed by atoms with Crippen LogP contribution < -0.4 is 0 Å². The monoisotopic (exact) mass is 368 g/mol. The Labute approximate surface area is 175 Å². The minimum Gasteiger partial charge on any atom is -1.00 e. The van der Waals surface area contributed by atoms with Crippen molar-refractivity contribution in [1.82, 2.24) is 0 Å². The molecule has 0 aliphatic rings. The first-order valence-electron chi connectivity index (χ1n) is 8.61. The SMILES string of the molecule is CCCCCCCCCCCCOS(=O)(=O)c1ccccc1.[Ca+2].[H-].[H-]. The van der Waals surface area contributed by atoms with Crippen molar-refractivity contribution in [3.8, 4) is 0 Å². The van der Waals surface area contributed by atoms with E-state index in [-0.39, 0.29) is 52.1 Å². The summed E-state index contributed by atoms with van der Waals surface area (Å²) in [6.45, 7) is 2.52. The van der Waals surface area contributed by atoms with Gasteiger partial charge in [0, 0.05) is 0 Å². The second-order valence-electron chi connectivity index (χ2n) is 5.77. The maximum Gasteiger partial charge on any atom is 2.00 e. The number of benzene rings is 1. The van der Waals surface area contributed by atoms with Crippen molar-refractivity contribution in [3.05, 3.63) is 30.3 Å². The van der Waals surface area contributed by atoms with Gasteiger partial charge in [-0.2, -0.15) is 8.42 Å². The van der Waals surface area contributed by atoms with E-state index in [0.29, 0.717) is 0 Å². The van der Waals surface area contributed by atoms with Crippen LogP contribution in [0.4, 0.5) is 0 Å². The second kappa shape index (κ2) is 14.7. The average molecular weight is 369 g/mol. The molecular formula is C18H32CaO3S. The van der Waals surface area contributed by atoms with Gasteiger partial charge in [0.05, 0.1) is 11.5 Å². The van der Waals surface area contributed by atoms with Gasteiger partial charge in [-0.3, -0.25) is 4.18 Å². The van der Waals surface area contributed by atoms with Gasteiger partial charge < -0.3 is 2.85 Å². The molecule has 0 atom stereocenters. The van der Waals surface area contributed by atoms with Gasteiger partial charge in [-0.15, -0.1) is 0 Å². The predicted molar refractivity (Wildman–Crippen MR) is 99.4 cm³/mol. The predicted octanol–water partition coefficient (Wildman–Crippen LogP) is 5.16. The maximum absolute atomic E-state index is 11.9. The van der Waals surface area contributed by atoms with Crippen molar-refractivity contribution < 1.29 is 15.5 Å². The summed E-state index contributed by atoms with van der Waals surface area (Å²) in [5.41, 5.74) is 0. The van der Waals surface area contributed by atoms with E-state index in [0.717, 1.165) is 12.8 Å². The molecule has 0 bridgehead atoms. The third-order valence-corrected chi connectivity index (χ3v) is 5.09. The molecule has 0 aliphatic heterocycles. The molecule has 0 aromatic heterocycles. The molecule has 23 heavy (non-hydrogen) atoms. The zero-order valence-corrected chi connectivity index (χ0v) is 17.5. The third kappa shape index (κ3) is 11.5. The normalized spacial score (nSPS) is 11.2. The molecule has 0 fully saturated rings. The zero-order valence-electron chi connectivity index (χ0n) is 16.5. The van der Waals surface area contributed by atoms with Crippen molar-refractivity contribution in [2.75, 3.05) is 6.61 Å². The van der Waals surface area contributed by atoms with Gasteiger partial charge in [-0.25, -0.2) is 0 Å². The van der Waals surface area contributed by atoms with E-state index >= 15 is 0 Å². The Morgan fingerprint density at radius 3 is 1.83 bits per heavy atom. The molecule has 1 aromatic carbocycles. The Hall–Kier alpha value is 0.390. The second-order valence-corrected chi connectivity index (χ2v) is 7.39. The van der Waals surface area contributed by atoms with E-state index in [9.17, 15) is 8.42 Å². The van der Waals surface area contributed by atoms with Crippen LogP contribution in [0.3, 0.4) is 0 Å². The van der Waals surface area contributed by atoms with Crippen molar-refractivity contribution in [2.45, 2.75) is 76.0 Å². The van der Waals surface area contributed by atoms with Crippen LogP contribution in [-0.4, -0.2) is 52.8 Å². The molecule has 3 nitrogen and oxygen atoms in total. The summed E-state index contributed by atoms with van der Waals surface area (Å²) in [6, 6.07) is 8.33. The minimum atomic E-state index is -3.57. The summed E-state index contributed by atoms with van der Waals surface area (Å²) in [4.78, 5) is 0.238. The molecule has 0 amide bonds. The van der Waals surface area contributed by atoms with Crippen LogP contribution in [0.2, 0.25) is 0 Å². The molecule has 0 saturated heterocycles. The molecule has 0 radical (unpaired) electrons. The maximum atomic E-state index is 11.9. The number of hydrogen-bond acceptors (Lipinski definition) is 3. The smallest absolute Gasteiger partial charge is 1.00 e. The molecule has 0 aliphatic carbocycles. The van der Waals surface area contributed by atoms with Crippen LogP contribution in [-0.2, 0) is 14.3 Å². The molecule has 5 heteroatoms. The number of rotatable bonds is 13. The largest absolute Gasteiger partial charge is 2.00 e. The molecular weight excluding hydrogens is 336 g/mol. The van der Waals surface area contributed by atoms with Gasteiger partial charge in [0.15, 0.2) is 0 Å². The molecule has 1 rings (SSSR count). The Bertz CT molecular complexity index is 484. The number of hydrogen-bond donors (Lipinski definition) is 0. The minimum absolute atomic E-state index is 0. The Morgan fingerprint density at radius 2 is 1.30 bits per heavy atom. The molecule has 0 spiro atoms. The summed E-state index contributed by atoms with van der Waals surface area (Å²) >= 11 is 0.